The van der Waals surface area contributed by atoms with Gasteiger partial charge in [-0.25, -0.2) is 4.79 Å². The molecular weight excluding hydrogens is 124 g/mol. The van der Waals surface area contributed by atoms with Gasteiger partial charge in [0.15, 0.2) is 0 Å². The fraction of sp³-hybridized carbons (Fsp3) is 0.750. The SMILES string of the molecule is NC(=O)NCCC[SH2+]. The van der Waals surface area contributed by atoms with Crippen molar-refractivity contribution in [3.05, 3.63) is 0 Å². The number of amides is 2. The van der Waals surface area contributed by atoms with Crippen LogP contribution in [-0.4, -0.2) is 18.3 Å². The average Bonchev–Trinajstić information content (AvgIpc) is 1.66. The first kappa shape index (κ1) is 7.62. The van der Waals surface area contributed by atoms with E-state index in [0.717, 1.165) is 12.2 Å². The van der Waals surface area contributed by atoms with Gasteiger partial charge in [0.05, 0.1) is 0 Å². The van der Waals surface area contributed by atoms with Gasteiger partial charge in [-0.1, -0.05) is 0 Å². The maximum Gasteiger partial charge on any atom is 0.312 e. The minimum atomic E-state index is -0.454. The van der Waals surface area contributed by atoms with Gasteiger partial charge in [0.1, 0.15) is 5.75 Å². The summed E-state index contributed by atoms with van der Waals surface area (Å²) < 4.78 is 0. The number of nitrogens with two attached hydrogens (primary N) is 1. The van der Waals surface area contributed by atoms with Crippen molar-refractivity contribution in [2.75, 3.05) is 12.3 Å². The summed E-state index contributed by atoms with van der Waals surface area (Å²) in [6.45, 7) is 0.652. The first-order valence-electron chi connectivity index (χ1n) is 2.45. The molecule has 0 radical (unpaired) electrons. The summed E-state index contributed by atoms with van der Waals surface area (Å²) in [4.78, 5) is 9.97. The minimum absolute atomic E-state index is 0.454. The molecule has 2 amide bonds. The Labute approximate surface area is 54.0 Å². The topological polar surface area (TPSA) is 55.1 Å². The fourth-order valence-electron chi connectivity index (χ4n) is 0.300. The molecule has 0 aliphatic carbocycles. The van der Waals surface area contributed by atoms with Gasteiger partial charge in [0, 0.05) is 13.0 Å². The van der Waals surface area contributed by atoms with E-state index in [4.69, 9.17) is 5.73 Å². The van der Waals surface area contributed by atoms with Crippen molar-refractivity contribution in [1.29, 1.82) is 0 Å². The maximum absolute atomic E-state index is 9.97. The normalized spacial score (nSPS) is 8.62. The second-order valence-corrected chi connectivity index (χ2v) is 1.89. The first-order chi connectivity index (χ1) is 3.77. The van der Waals surface area contributed by atoms with Gasteiger partial charge in [-0.05, 0) is 12.6 Å². The Morgan fingerprint density at radius 2 is 2.38 bits per heavy atom. The van der Waals surface area contributed by atoms with Crippen LogP contribution in [0.1, 0.15) is 6.42 Å². The van der Waals surface area contributed by atoms with Crippen molar-refractivity contribution in [2.24, 2.45) is 5.73 Å². The molecule has 0 aliphatic heterocycles. The summed E-state index contributed by atoms with van der Waals surface area (Å²) >= 11 is 3.25. The summed E-state index contributed by atoms with van der Waals surface area (Å²) in [5, 5.41) is 2.45. The Morgan fingerprint density at radius 3 is 2.75 bits per heavy atom. The quantitative estimate of drug-likeness (QED) is 0.381. The zero-order valence-corrected chi connectivity index (χ0v) is 5.61. The van der Waals surface area contributed by atoms with Crippen molar-refractivity contribution in [1.82, 2.24) is 5.32 Å². The third-order valence-electron chi connectivity index (χ3n) is 0.653. The van der Waals surface area contributed by atoms with Crippen LogP contribution in [0.4, 0.5) is 4.79 Å². The van der Waals surface area contributed by atoms with Gasteiger partial charge in [-0.2, -0.15) is 0 Å². The number of carbonyl (C=O) groups is 1. The van der Waals surface area contributed by atoms with E-state index in [1.165, 1.54) is 0 Å². The molecule has 3 nitrogen and oxygen atoms in total. The summed E-state index contributed by atoms with van der Waals surface area (Å²) in [7, 11) is 0. The van der Waals surface area contributed by atoms with Gasteiger partial charge < -0.3 is 11.1 Å². The zero-order valence-electron chi connectivity index (χ0n) is 4.61. The molecule has 0 fully saturated rings. The number of hydrogen-bond acceptors (Lipinski definition) is 1. The molecule has 8 heavy (non-hydrogen) atoms. The van der Waals surface area contributed by atoms with Crippen LogP contribution in [0, 0.1) is 0 Å². The minimum Gasteiger partial charge on any atom is -0.352 e. The molecule has 0 saturated heterocycles. The maximum atomic E-state index is 9.97. The molecule has 48 valence electrons. The van der Waals surface area contributed by atoms with E-state index < -0.39 is 6.03 Å². The zero-order chi connectivity index (χ0) is 6.41. The predicted octanol–water partition coefficient (Wildman–Crippen LogP) is -0.944. The highest BCUT2D eigenvalue weighted by atomic mass is 32.1. The number of hydrogen-bond donors (Lipinski definition) is 2. The van der Waals surface area contributed by atoms with Gasteiger partial charge in [-0.15, -0.1) is 0 Å². The third-order valence-corrected chi connectivity index (χ3v) is 1.01. The summed E-state index contributed by atoms with van der Waals surface area (Å²) in [5.74, 6) is 0.889. The Kier molecular flexibility index (Phi) is 4.54. The lowest BCUT2D eigenvalue weighted by molar-refractivity contribution is 0.249. The van der Waals surface area contributed by atoms with Crippen LogP contribution < -0.4 is 11.1 Å². The molecule has 0 atom stereocenters. The van der Waals surface area contributed by atoms with Crippen LogP contribution in [0.15, 0.2) is 0 Å². The number of nitrogens with one attached hydrogen (secondary N) is 1. The summed E-state index contributed by atoms with van der Waals surface area (Å²) in [6.07, 6.45) is 0.916. The Balaban J connectivity index is 2.82. The standard InChI is InChI=1S/C4H10N2OS/c5-4(7)6-2-1-3-8/h8H,1-3H2,(H3,5,6,7)/p+1. The van der Waals surface area contributed by atoms with Crippen molar-refractivity contribution >= 4 is 18.7 Å². The van der Waals surface area contributed by atoms with Crippen LogP contribution in [0.25, 0.3) is 0 Å². The Morgan fingerprint density at radius 1 is 1.75 bits per heavy atom. The van der Waals surface area contributed by atoms with Crippen LogP contribution in [0.5, 0.6) is 0 Å². The van der Waals surface area contributed by atoms with E-state index in [2.05, 4.69) is 17.9 Å². The molecule has 0 heterocycles. The molecule has 0 rings (SSSR count). The van der Waals surface area contributed by atoms with Crippen molar-refractivity contribution < 1.29 is 4.79 Å². The van der Waals surface area contributed by atoms with Crippen LogP contribution in [0.3, 0.4) is 0 Å². The molecule has 0 aliphatic rings. The lowest BCUT2D eigenvalue weighted by Crippen LogP contribution is -2.30. The predicted molar refractivity (Wildman–Crippen MR) is 37.2 cm³/mol. The highest BCUT2D eigenvalue weighted by Gasteiger charge is 1.88. The lowest BCUT2D eigenvalue weighted by atomic mass is 10.5. The highest BCUT2D eigenvalue weighted by molar-refractivity contribution is 7.58. The molecule has 0 aromatic heterocycles. The molecule has 0 aromatic carbocycles. The van der Waals surface area contributed by atoms with E-state index in [1.54, 1.807) is 0 Å². The molecule has 0 saturated carbocycles. The van der Waals surface area contributed by atoms with E-state index in [9.17, 15) is 4.79 Å². The number of carbonyl (C=O) groups excluding carboxylic acids is 1. The molecule has 4 heteroatoms. The summed E-state index contributed by atoms with van der Waals surface area (Å²) in [5.41, 5.74) is 4.77. The molecule has 0 unspecified atom stereocenters. The largest absolute Gasteiger partial charge is 0.352 e. The Bertz CT molecular complexity index is 76.4. The smallest absolute Gasteiger partial charge is 0.312 e. The molecule has 0 aromatic rings. The second-order valence-electron chi connectivity index (χ2n) is 1.39. The highest BCUT2D eigenvalue weighted by Crippen LogP contribution is 1.70. The van der Waals surface area contributed by atoms with Crippen LogP contribution in [-0.2, 0) is 12.6 Å². The molecule has 3 N–H and O–H groups in total. The number of primary amides is 1. The van der Waals surface area contributed by atoms with Crippen molar-refractivity contribution in [3.8, 4) is 0 Å². The fourth-order valence-corrected chi connectivity index (χ4v) is 0.477. The monoisotopic (exact) mass is 135 g/mol. The number of rotatable bonds is 3. The number of urea groups is 1. The molecular formula is C4H11N2OS+. The summed E-state index contributed by atoms with van der Waals surface area (Å²) in [6, 6.07) is -0.454. The van der Waals surface area contributed by atoms with E-state index in [1.807, 2.05) is 0 Å². The van der Waals surface area contributed by atoms with E-state index >= 15 is 0 Å². The molecule has 0 spiro atoms. The second kappa shape index (κ2) is 4.77. The van der Waals surface area contributed by atoms with Crippen molar-refractivity contribution in [2.45, 2.75) is 6.42 Å². The van der Waals surface area contributed by atoms with E-state index in [-0.39, 0.29) is 0 Å². The first-order valence-corrected chi connectivity index (χ1v) is 3.16. The van der Waals surface area contributed by atoms with Gasteiger partial charge in [-0.3, -0.25) is 0 Å². The van der Waals surface area contributed by atoms with Crippen LogP contribution in [0.2, 0.25) is 0 Å². The average molecular weight is 135 g/mol. The van der Waals surface area contributed by atoms with Crippen LogP contribution >= 0.6 is 0 Å². The third kappa shape index (κ3) is 5.62. The van der Waals surface area contributed by atoms with E-state index in [0.29, 0.717) is 6.54 Å². The van der Waals surface area contributed by atoms with Crippen molar-refractivity contribution in [3.63, 3.8) is 0 Å². The van der Waals surface area contributed by atoms with Gasteiger partial charge in [0.2, 0.25) is 0 Å². The van der Waals surface area contributed by atoms with Gasteiger partial charge in [0.25, 0.3) is 0 Å². The van der Waals surface area contributed by atoms with Gasteiger partial charge >= 0.3 is 6.03 Å². The molecule has 0 bridgehead atoms. The lowest BCUT2D eigenvalue weighted by Gasteiger charge is -1.94. The Hall–Kier alpha value is -0.380.